The van der Waals surface area contributed by atoms with E-state index in [0.29, 0.717) is 19.4 Å². The Morgan fingerprint density at radius 2 is 2.35 bits per heavy atom. The largest absolute Gasteiger partial charge is 0.314 e. The van der Waals surface area contributed by atoms with E-state index in [0.717, 1.165) is 35.4 Å². The summed E-state index contributed by atoms with van der Waals surface area (Å²) in [6.45, 7) is 6.15. The molecular weight excluding hydrogens is 285 g/mol. The van der Waals surface area contributed by atoms with Crippen LogP contribution in [0, 0.1) is 6.92 Å². The number of aromatic nitrogens is 2. The normalized spacial score (nSPS) is 25.2. The Kier molecular flexibility index (Phi) is 3.88. The highest BCUT2D eigenvalue weighted by Crippen LogP contribution is 2.30. The molecule has 0 aromatic carbocycles. The van der Waals surface area contributed by atoms with Crippen molar-refractivity contribution in [1.82, 2.24) is 15.1 Å². The standard InChI is InChI=1S/C12H19BrFN3/c1-3-17-10(11(13)9(2)16-17)7-12(14)5-4-6-15-8-12/h15H,3-8H2,1-2H3. The summed E-state index contributed by atoms with van der Waals surface area (Å²) < 4.78 is 17.5. The smallest absolute Gasteiger partial charge is 0.129 e. The van der Waals surface area contributed by atoms with E-state index in [-0.39, 0.29) is 0 Å². The lowest BCUT2D eigenvalue weighted by Crippen LogP contribution is -2.44. The van der Waals surface area contributed by atoms with E-state index in [1.807, 2.05) is 18.5 Å². The molecule has 1 N–H and O–H groups in total. The number of alkyl halides is 1. The van der Waals surface area contributed by atoms with Gasteiger partial charge >= 0.3 is 0 Å². The summed E-state index contributed by atoms with van der Waals surface area (Å²) in [6.07, 6.45) is 1.99. The van der Waals surface area contributed by atoms with E-state index in [9.17, 15) is 4.39 Å². The molecule has 0 spiro atoms. The third-order valence-electron chi connectivity index (χ3n) is 3.36. The number of hydrogen-bond acceptors (Lipinski definition) is 2. The molecule has 1 aliphatic rings. The molecule has 0 saturated carbocycles. The van der Waals surface area contributed by atoms with Crippen LogP contribution in [0.1, 0.15) is 31.2 Å². The first-order valence-corrected chi connectivity index (χ1v) is 6.96. The third-order valence-corrected chi connectivity index (χ3v) is 4.39. The minimum atomic E-state index is -1.12. The molecule has 1 aromatic rings. The molecule has 1 aromatic heterocycles. The van der Waals surface area contributed by atoms with Crippen molar-refractivity contribution in [3.63, 3.8) is 0 Å². The van der Waals surface area contributed by atoms with Gasteiger partial charge in [-0.1, -0.05) is 0 Å². The number of hydrogen-bond donors (Lipinski definition) is 1. The molecule has 17 heavy (non-hydrogen) atoms. The van der Waals surface area contributed by atoms with Crippen molar-refractivity contribution >= 4 is 15.9 Å². The van der Waals surface area contributed by atoms with E-state index in [2.05, 4.69) is 26.3 Å². The maximum absolute atomic E-state index is 14.6. The van der Waals surface area contributed by atoms with Gasteiger partial charge in [-0.3, -0.25) is 4.68 Å². The van der Waals surface area contributed by atoms with Crippen LogP contribution in [0.3, 0.4) is 0 Å². The van der Waals surface area contributed by atoms with Gasteiger partial charge in [0.2, 0.25) is 0 Å². The number of aryl methyl sites for hydroxylation is 2. The van der Waals surface area contributed by atoms with Crippen LogP contribution >= 0.6 is 15.9 Å². The summed E-state index contributed by atoms with van der Waals surface area (Å²) in [7, 11) is 0. The van der Waals surface area contributed by atoms with Crippen LogP contribution in [0.5, 0.6) is 0 Å². The van der Waals surface area contributed by atoms with Crippen LogP contribution in [0.2, 0.25) is 0 Å². The van der Waals surface area contributed by atoms with Crippen molar-refractivity contribution in [2.75, 3.05) is 13.1 Å². The lowest BCUT2D eigenvalue weighted by molar-refractivity contribution is 0.119. The zero-order valence-electron chi connectivity index (χ0n) is 10.4. The number of halogens is 2. The predicted molar refractivity (Wildman–Crippen MR) is 70.0 cm³/mol. The first-order valence-electron chi connectivity index (χ1n) is 6.17. The van der Waals surface area contributed by atoms with Crippen LogP contribution in [0.4, 0.5) is 4.39 Å². The second-order valence-electron chi connectivity index (χ2n) is 4.77. The molecule has 0 aliphatic carbocycles. The van der Waals surface area contributed by atoms with Gasteiger partial charge in [0.05, 0.1) is 15.9 Å². The second-order valence-corrected chi connectivity index (χ2v) is 5.56. The lowest BCUT2D eigenvalue weighted by atomic mass is 9.91. The summed E-state index contributed by atoms with van der Waals surface area (Å²) >= 11 is 3.52. The van der Waals surface area contributed by atoms with Crippen LogP contribution in [-0.2, 0) is 13.0 Å². The van der Waals surface area contributed by atoms with Gasteiger partial charge in [0.1, 0.15) is 5.67 Å². The van der Waals surface area contributed by atoms with Crippen LogP contribution in [0.15, 0.2) is 4.47 Å². The van der Waals surface area contributed by atoms with Gasteiger partial charge in [0, 0.05) is 19.5 Å². The predicted octanol–water partition coefficient (Wildman–Crippen LogP) is 2.61. The quantitative estimate of drug-likeness (QED) is 0.930. The van der Waals surface area contributed by atoms with Crippen molar-refractivity contribution in [1.29, 1.82) is 0 Å². The van der Waals surface area contributed by atoms with E-state index in [4.69, 9.17) is 0 Å². The third kappa shape index (κ3) is 2.71. The Balaban J connectivity index is 2.22. The molecule has 1 saturated heterocycles. The molecule has 96 valence electrons. The molecule has 0 amide bonds. The summed E-state index contributed by atoms with van der Waals surface area (Å²) in [6, 6.07) is 0. The molecule has 3 nitrogen and oxygen atoms in total. The SMILES string of the molecule is CCn1nc(C)c(Br)c1CC1(F)CCCNC1. The monoisotopic (exact) mass is 303 g/mol. The molecule has 2 heterocycles. The minimum absolute atomic E-state index is 0.440. The van der Waals surface area contributed by atoms with Gasteiger partial charge < -0.3 is 5.32 Å². The number of rotatable bonds is 3. The molecule has 1 fully saturated rings. The van der Waals surface area contributed by atoms with Gasteiger partial charge in [-0.05, 0) is 49.2 Å². The summed E-state index contributed by atoms with van der Waals surface area (Å²) in [5.41, 5.74) is 0.797. The lowest BCUT2D eigenvalue weighted by Gasteiger charge is -2.30. The minimum Gasteiger partial charge on any atom is -0.314 e. The van der Waals surface area contributed by atoms with Crippen LogP contribution in [0.25, 0.3) is 0 Å². The van der Waals surface area contributed by atoms with Crippen molar-refractivity contribution < 1.29 is 4.39 Å². The van der Waals surface area contributed by atoms with Crippen molar-refractivity contribution in [2.24, 2.45) is 0 Å². The zero-order valence-corrected chi connectivity index (χ0v) is 12.0. The van der Waals surface area contributed by atoms with Crippen molar-refractivity contribution in [3.8, 4) is 0 Å². The average Bonchev–Trinajstić information content (AvgIpc) is 2.57. The van der Waals surface area contributed by atoms with Crippen molar-refractivity contribution in [2.45, 2.75) is 45.3 Å². The van der Waals surface area contributed by atoms with Gasteiger partial charge in [0.15, 0.2) is 0 Å². The summed E-state index contributed by atoms with van der Waals surface area (Å²) in [4.78, 5) is 0. The highest BCUT2D eigenvalue weighted by Gasteiger charge is 2.34. The first-order chi connectivity index (χ1) is 8.06. The summed E-state index contributed by atoms with van der Waals surface area (Å²) in [5.74, 6) is 0. The van der Waals surface area contributed by atoms with Crippen LogP contribution < -0.4 is 5.32 Å². The molecule has 0 bridgehead atoms. The van der Waals surface area contributed by atoms with Gasteiger partial charge in [0.25, 0.3) is 0 Å². The first kappa shape index (κ1) is 13.0. The fourth-order valence-electron chi connectivity index (χ4n) is 2.42. The van der Waals surface area contributed by atoms with Crippen LogP contribution in [-0.4, -0.2) is 28.5 Å². The Hall–Kier alpha value is -0.420. The number of nitrogens with zero attached hydrogens (tertiary/aromatic N) is 2. The van der Waals surface area contributed by atoms with E-state index >= 15 is 0 Å². The maximum Gasteiger partial charge on any atom is 0.129 e. The topological polar surface area (TPSA) is 29.9 Å². The maximum atomic E-state index is 14.6. The highest BCUT2D eigenvalue weighted by atomic mass is 79.9. The summed E-state index contributed by atoms with van der Waals surface area (Å²) in [5, 5.41) is 7.55. The van der Waals surface area contributed by atoms with Gasteiger partial charge in [-0.25, -0.2) is 4.39 Å². The van der Waals surface area contributed by atoms with E-state index < -0.39 is 5.67 Å². The molecule has 1 aliphatic heterocycles. The highest BCUT2D eigenvalue weighted by molar-refractivity contribution is 9.10. The Morgan fingerprint density at radius 1 is 1.59 bits per heavy atom. The van der Waals surface area contributed by atoms with E-state index in [1.165, 1.54) is 0 Å². The Labute approximate surface area is 110 Å². The molecule has 2 rings (SSSR count). The average molecular weight is 304 g/mol. The molecule has 1 unspecified atom stereocenters. The number of piperidine rings is 1. The molecular formula is C12H19BrFN3. The fraction of sp³-hybridized carbons (Fsp3) is 0.750. The zero-order chi connectivity index (χ0) is 12.5. The molecule has 5 heteroatoms. The number of nitrogens with one attached hydrogen (secondary N) is 1. The fourth-order valence-corrected chi connectivity index (χ4v) is 2.84. The van der Waals surface area contributed by atoms with Gasteiger partial charge in [-0.15, -0.1) is 0 Å². The van der Waals surface area contributed by atoms with Crippen molar-refractivity contribution in [3.05, 3.63) is 15.9 Å². The molecule has 1 atom stereocenters. The van der Waals surface area contributed by atoms with E-state index in [1.54, 1.807) is 0 Å². The molecule has 0 radical (unpaired) electrons. The van der Waals surface area contributed by atoms with Gasteiger partial charge in [-0.2, -0.15) is 5.10 Å². The Bertz CT molecular complexity index is 397. The second kappa shape index (κ2) is 5.06. The Morgan fingerprint density at radius 3 is 2.94 bits per heavy atom.